The largest absolute Gasteiger partial charge is 0.479 e. The van der Waals surface area contributed by atoms with Gasteiger partial charge in [-0.25, -0.2) is 9.18 Å². The molecule has 58 valence electrons. The highest BCUT2D eigenvalue weighted by Crippen LogP contribution is 2.06. The molecule has 0 aliphatic heterocycles. The highest BCUT2D eigenvalue weighted by molar-refractivity contribution is 5.73. The van der Waals surface area contributed by atoms with Crippen molar-refractivity contribution in [3.63, 3.8) is 0 Å². The minimum atomic E-state index is -2.27. The zero-order valence-electron chi connectivity index (χ0n) is 5.54. The molecular formula is C6H9FO3. The van der Waals surface area contributed by atoms with Crippen molar-refractivity contribution in [1.29, 1.82) is 0 Å². The van der Waals surface area contributed by atoms with Gasteiger partial charge in [0, 0.05) is 0 Å². The summed E-state index contributed by atoms with van der Waals surface area (Å²) in [6, 6.07) is 0. The Balaban J connectivity index is 4.07. The predicted octanol–water partition coefficient (Wildman–Crippen LogP) is 0.346. The monoisotopic (exact) mass is 148 g/mol. The summed E-state index contributed by atoms with van der Waals surface area (Å²) >= 11 is 0. The van der Waals surface area contributed by atoms with Crippen molar-refractivity contribution in [1.82, 2.24) is 0 Å². The van der Waals surface area contributed by atoms with Crippen LogP contribution in [0, 0.1) is 0 Å². The molecule has 0 aromatic carbocycles. The molecule has 0 heterocycles. The Morgan fingerprint density at radius 3 is 2.20 bits per heavy atom. The fourth-order valence-corrected chi connectivity index (χ4v) is 0.385. The van der Waals surface area contributed by atoms with Crippen LogP contribution in [-0.2, 0) is 4.79 Å². The highest BCUT2D eigenvalue weighted by Gasteiger charge is 2.25. The van der Waals surface area contributed by atoms with Gasteiger partial charge in [0.25, 0.3) is 0 Å². The van der Waals surface area contributed by atoms with Gasteiger partial charge in [0.05, 0.1) is 0 Å². The molecule has 0 aromatic heterocycles. The molecule has 2 atom stereocenters. The molecule has 0 spiro atoms. The number of alkyl halides is 1. The molecule has 0 aliphatic rings. The van der Waals surface area contributed by atoms with Crippen LogP contribution in [0.25, 0.3) is 0 Å². The molecule has 0 aliphatic carbocycles. The number of rotatable bonds is 3. The third-order valence-electron chi connectivity index (χ3n) is 1.02. The second-order valence-electron chi connectivity index (χ2n) is 2.03. The summed E-state index contributed by atoms with van der Waals surface area (Å²) in [4.78, 5) is 9.87. The smallest absolute Gasteiger partial charge is 0.341 e. The normalized spacial score (nSPS) is 15.9. The first-order chi connectivity index (χ1) is 4.46. The van der Waals surface area contributed by atoms with Crippen LogP contribution in [0.1, 0.15) is 6.92 Å². The van der Waals surface area contributed by atoms with Crippen molar-refractivity contribution in [2.24, 2.45) is 0 Å². The number of aliphatic hydroxyl groups is 1. The lowest BCUT2D eigenvalue weighted by atomic mass is 10.1. The summed E-state index contributed by atoms with van der Waals surface area (Å²) in [5.41, 5.74) is 0.106. The van der Waals surface area contributed by atoms with Gasteiger partial charge in [-0.2, -0.15) is 0 Å². The number of aliphatic hydroxyl groups excluding tert-OH is 1. The van der Waals surface area contributed by atoms with Gasteiger partial charge in [0.1, 0.15) is 6.10 Å². The lowest BCUT2D eigenvalue weighted by Gasteiger charge is -2.10. The topological polar surface area (TPSA) is 57.5 Å². The Morgan fingerprint density at radius 1 is 1.70 bits per heavy atom. The molecule has 0 saturated heterocycles. The van der Waals surface area contributed by atoms with E-state index in [1.54, 1.807) is 0 Å². The standard InChI is InChI=1S/C6H9FO3/c1-3(2)5(8)4(7)6(9)10/h4-5,8H,1H2,2H3,(H,9,10). The Morgan fingerprint density at radius 2 is 2.10 bits per heavy atom. The van der Waals surface area contributed by atoms with Crippen LogP contribution < -0.4 is 0 Å². The van der Waals surface area contributed by atoms with Crippen molar-refractivity contribution in [3.8, 4) is 0 Å². The van der Waals surface area contributed by atoms with Crippen LogP contribution in [-0.4, -0.2) is 28.5 Å². The van der Waals surface area contributed by atoms with Crippen molar-refractivity contribution >= 4 is 5.97 Å². The molecule has 2 N–H and O–H groups in total. The maximum atomic E-state index is 12.3. The molecular weight excluding hydrogens is 139 g/mol. The van der Waals surface area contributed by atoms with Gasteiger partial charge in [-0.05, 0) is 12.5 Å². The number of hydrogen-bond acceptors (Lipinski definition) is 2. The maximum Gasteiger partial charge on any atom is 0.341 e. The lowest BCUT2D eigenvalue weighted by Crippen LogP contribution is -2.30. The number of halogens is 1. The summed E-state index contributed by atoms with van der Waals surface area (Å²) in [5.74, 6) is -1.67. The minimum absolute atomic E-state index is 0.106. The van der Waals surface area contributed by atoms with Gasteiger partial charge in [-0.3, -0.25) is 0 Å². The van der Waals surface area contributed by atoms with Crippen LogP contribution >= 0.6 is 0 Å². The van der Waals surface area contributed by atoms with Crippen molar-refractivity contribution in [3.05, 3.63) is 12.2 Å². The van der Waals surface area contributed by atoms with Gasteiger partial charge >= 0.3 is 5.97 Å². The molecule has 0 amide bonds. The van der Waals surface area contributed by atoms with E-state index in [0.29, 0.717) is 0 Å². The third-order valence-corrected chi connectivity index (χ3v) is 1.02. The number of carboxylic acid groups (broad SMARTS) is 1. The van der Waals surface area contributed by atoms with Gasteiger partial charge in [-0.1, -0.05) is 6.58 Å². The van der Waals surface area contributed by atoms with Crippen molar-refractivity contribution < 1.29 is 19.4 Å². The average Bonchev–Trinajstić information content (AvgIpc) is 1.84. The van der Waals surface area contributed by atoms with E-state index in [9.17, 15) is 9.18 Å². The Kier molecular flexibility index (Phi) is 3.02. The summed E-state index contributed by atoms with van der Waals surface area (Å²) in [7, 11) is 0. The minimum Gasteiger partial charge on any atom is -0.479 e. The van der Waals surface area contributed by atoms with E-state index in [1.807, 2.05) is 0 Å². The molecule has 3 nitrogen and oxygen atoms in total. The Bertz CT molecular complexity index is 137. The zero-order valence-corrected chi connectivity index (χ0v) is 5.54. The van der Waals surface area contributed by atoms with E-state index in [4.69, 9.17) is 10.2 Å². The quantitative estimate of drug-likeness (QED) is 0.567. The zero-order chi connectivity index (χ0) is 8.31. The number of aliphatic carboxylic acids is 1. The predicted molar refractivity (Wildman–Crippen MR) is 33.4 cm³/mol. The number of carbonyl (C=O) groups is 1. The Hall–Kier alpha value is -0.900. The van der Waals surface area contributed by atoms with E-state index in [2.05, 4.69) is 6.58 Å². The van der Waals surface area contributed by atoms with Crippen LogP contribution in [0.2, 0.25) is 0 Å². The molecule has 0 fully saturated rings. The first-order valence-corrected chi connectivity index (χ1v) is 2.67. The SMILES string of the molecule is C=C(C)C(O)C(F)C(=O)O. The van der Waals surface area contributed by atoms with Gasteiger partial charge < -0.3 is 10.2 Å². The molecule has 0 aromatic rings. The molecule has 0 radical (unpaired) electrons. The summed E-state index contributed by atoms with van der Waals surface area (Å²) in [6.07, 6.45) is -3.87. The van der Waals surface area contributed by atoms with E-state index in [0.717, 1.165) is 0 Å². The molecule has 2 unspecified atom stereocenters. The third kappa shape index (κ3) is 2.14. The highest BCUT2D eigenvalue weighted by atomic mass is 19.1. The molecule has 0 saturated carbocycles. The molecule has 0 bridgehead atoms. The Labute approximate surface area is 57.8 Å². The van der Waals surface area contributed by atoms with Crippen LogP contribution in [0.15, 0.2) is 12.2 Å². The van der Waals surface area contributed by atoms with E-state index in [1.165, 1.54) is 6.92 Å². The van der Waals surface area contributed by atoms with Gasteiger partial charge in [0.2, 0.25) is 6.17 Å². The van der Waals surface area contributed by atoms with E-state index >= 15 is 0 Å². The van der Waals surface area contributed by atoms with E-state index < -0.39 is 18.2 Å². The van der Waals surface area contributed by atoms with Crippen LogP contribution in [0.4, 0.5) is 4.39 Å². The van der Waals surface area contributed by atoms with Crippen LogP contribution in [0.3, 0.4) is 0 Å². The first-order valence-electron chi connectivity index (χ1n) is 2.67. The maximum absolute atomic E-state index is 12.3. The van der Waals surface area contributed by atoms with Gasteiger partial charge in [0.15, 0.2) is 0 Å². The summed E-state index contributed by atoms with van der Waals surface area (Å²) in [6.45, 7) is 4.57. The molecule has 10 heavy (non-hydrogen) atoms. The van der Waals surface area contributed by atoms with Crippen molar-refractivity contribution in [2.75, 3.05) is 0 Å². The van der Waals surface area contributed by atoms with Gasteiger partial charge in [-0.15, -0.1) is 0 Å². The second-order valence-corrected chi connectivity index (χ2v) is 2.03. The van der Waals surface area contributed by atoms with Crippen molar-refractivity contribution in [2.45, 2.75) is 19.2 Å². The number of hydrogen-bond donors (Lipinski definition) is 2. The summed E-state index contributed by atoms with van der Waals surface area (Å²) < 4.78 is 12.3. The average molecular weight is 148 g/mol. The first kappa shape index (κ1) is 9.10. The second kappa shape index (κ2) is 3.31. The van der Waals surface area contributed by atoms with Crippen LogP contribution in [0.5, 0.6) is 0 Å². The molecule has 0 rings (SSSR count). The fraction of sp³-hybridized carbons (Fsp3) is 0.500. The number of carboxylic acids is 1. The lowest BCUT2D eigenvalue weighted by molar-refractivity contribution is -0.146. The summed E-state index contributed by atoms with van der Waals surface area (Å²) in [5, 5.41) is 16.7. The molecule has 4 heteroatoms. The van der Waals surface area contributed by atoms with E-state index in [-0.39, 0.29) is 5.57 Å². The fourth-order valence-electron chi connectivity index (χ4n) is 0.385.